The molecule has 0 aliphatic carbocycles. The third kappa shape index (κ3) is 2.54. The molecule has 0 amide bonds. The number of hydrogen-bond donors (Lipinski definition) is 2. The summed E-state index contributed by atoms with van der Waals surface area (Å²) in [4.78, 5) is 4.05. The Kier molecular flexibility index (Phi) is 2.91. The van der Waals surface area contributed by atoms with Crippen LogP contribution in [0, 0.1) is 11.3 Å². The second kappa shape index (κ2) is 4.14. The summed E-state index contributed by atoms with van der Waals surface area (Å²) >= 11 is 0. The Morgan fingerprint density at radius 1 is 1.61 bits per heavy atom. The first-order chi connectivity index (χ1) is 8.34. The Labute approximate surface area is 106 Å². The third-order valence-electron chi connectivity index (χ3n) is 2.95. The van der Waals surface area contributed by atoms with Gasteiger partial charge in [0.15, 0.2) is 9.84 Å². The van der Waals surface area contributed by atoms with Crippen molar-refractivity contribution >= 4 is 21.3 Å². The standard InChI is InChI=1S/C11H14N4O2S/c1-11(2-3-18(16,17)7-11)15-10-8(5-12)4-9(13)6-14-10/h4,6H,2-3,7,13H2,1H3,(H,14,15). The summed E-state index contributed by atoms with van der Waals surface area (Å²) in [6.45, 7) is 1.82. The lowest BCUT2D eigenvalue weighted by Gasteiger charge is -2.25. The number of nitriles is 1. The quantitative estimate of drug-likeness (QED) is 0.808. The van der Waals surface area contributed by atoms with Gasteiger partial charge >= 0.3 is 0 Å². The molecule has 0 radical (unpaired) electrons. The fraction of sp³-hybridized carbons (Fsp3) is 0.455. The smallest absolute Gasteiger partial charge is 0.152 e. The first-order valence-electron chi connectivity index (χ1n) is 5.48. The average molecular weight is 266 g/mol. The van der Waals surface area contributed by atoms with Crippen molar-refractivity contribution in [3.05, 3.63) is 17.8 Å². The molecule has 18 heavy (non-hydrogen) atoms. The molecule has 3 N–H and O–H groups in total. The lowest BCUT2D eigenvalue weighted by atomic mass is 10.0. The van der Waals surface area contributed by atoms with Crippen LogP contribution in [0.4, 0.5) is 11.5 Å². The minimum Gasteiger partial charge on any atom is -0.397 e. The fourth-order valence-electron chi connectivity index (χ4n) is 2.06. The molecule has 1 atom stereocenters. The Bertz CT molecular complexity index is 620. The van der Waals surface area contributed by atoms with E-state index < -0.39 is 15.4 Å². The van der Waals surface area contributed by atoms with Crippen LogP contribution in [-0.2, 0) is 9.84 Å². The molecule has 1 aliphatic heterocycles. The van der Waals surface area contributed by atoms with Gasteiger partial charge in [0.05, 0.1) is 34.5 Å². The van der Waals surface area contributed by atoms with Gasteiger partial charge in [-0.3, -0.25) is 0 Å². The zero-order valence-electron chi connectivity index (χ0n) is 9.97. The molecule has 1 fully saturated rings. The second-order valence-electron chi connectivity index (χ2n) is 4.80. The summed E-state index contributed by atoms with van der Waals surface area (Å²) < 4.78 is 23.0. The monoisotopic (exact) mass is 266 g/mol. The third-order valence-corrected chi connectivity index (χ3v) is 4.86. The number of nitrogens with one attached hydrogen (secondary N) is 1. The lowest BCUT2D eigenvalue weighted by Crippen LogP contribution is -2.36. The molecule has 1 unspecified atom stereocenters. The predicted molar refractivity (Wildman–Crippen MR) is 68.7 cm³/mol. The van der Waals surface area contributed by atoms with Crippen LogP contribution in [-0.4, -0.2) is 30.4 Å². The molecule has 1 aliphatic rings. The van der Waals surface area contributed by atoms with E-state index in [-0.39, 0.29) is 11.5 Å². The summed E-state index contributed by atoms with van der Waals surface area (Å²) in [6.07, 6.45) is 1.95. The fourth-order valence-corrected chi connectivity index (χ4v) is 4.15. The van der Waals surface area contributed by atoms with Crippen LogP contribution < -0.4 is 11.1 Å². The van der Waals surface area contributed by atoms with Crippen molar-refractivity contribution in [2.75, 3.05) is 22.6 Å². The molecule has 1 saturated heterocycles. The van der Waals surface area contributed by atoms with Gasteiger partial charge in [-0.1, -0.05) is 0 Å². The molecule has 0 saturated carbocycles. The molecule has 0 aromatic carbocycles. The number of nitrogen functional groups attached to an aromatic ring is 1. The van der Waals surface area contributed by atoms with Gasteiger partial charge in [0.2, 0.25) is 0 Å². The van der Waals surface area contributed by atoms with E-state index in [1.54, 1.807) is 0 Å². The molecule has 0 spiro atoms. The van der Waals surface area contributed by atoms with Gasteiger partial charge in [0.25, 0.3) is 0 Å². The van der Waals surface area contributed by atoms with Crippen molar-refractivity contribution in [2.45, 2.75) is 18.9 Å². The van der Waals surface area contributed by atoms with E-state index in [9.17, 15) is 8.42 Å². The SMILES string of the molecule is CC1(Nc2ncc(N)cc2C#N)CCS(=O)(=O)C1. The summed E-state index contributed by atoms with van der Waals surface area (Å²) in [7, 11) is -3.00. The van der Waals surface area contributed by atoms with Gasteiger partial charge in [-0.25, -0.2) is 13.4 Å². The zero-order chi connectivity index (χ0) is 13.4. The number of anilines is 2. The van der Waals surface area contributed by atoms with Crippen LogP contribution in [0.3, 0.4) is 0 Å². The molecular weight excluding hydrogens is 252 g/mol. The molecule has 7 heteroatoms. The summed E-state index contributed by atoms with van der Waals surface area (Å²) in [5.74, 6) is 0.593. The Balaban J connectivity index is 2.28. The molecule has 6 nitrogen and oxygen atoms in total. The Morgan fingerprint density at radius 2 is 2.33 bits per heavy atom. The number of nitrogens with zero attached hydrogens (tertiary/aromatic N) is 2. The maximum absolute atomic E-state index is 11.5. The average Bonchev–Trinajstić information content (AvgIpc) is 2.56. The molecule has 1 aromatic heterocycles. The number of hydrogen-bond acceptors (Lipinski definition) is 6. The maximum atomic E-state index is 11.5. The van der Waals surface area contributed by atoms with Gasteiger partial charge < -0.3 is 11.1 Å². The first kappa shape index (κ1) is 12.6. The summed E-state index contributed by atoms with van der Waals surface area (Å²) in [5.41, 5.74) is 5.70. The summed E-state index contributed by atoms with van der Waals surface area (Å²) in [5, 5.41) is 12.1. The van der Waals surface area contributed by atoms with Gasteiger partial charge in [0.1, 0.15) is 11.9 Å². The highest BCUT2D eigenvalue weighted by molar-refractivity contribution is 7.91. The lowest BCUT2D eigenvalue weighted by molar-refractivity contribution is 0.572. The van der Waals surface area contributed by atoms with Gasteiger partial charge in [-0.2, -0.15) is 5.26 Å². The molecule has 2 rings (SSSR count). The van der Waals surface area contributed by atoms with Crippen molar-refractivity contribution in [2.24, 2.45) is 0 Å². The van der Waals surface area contributed by atoms with Crippen LogP contribution in [0.2, 0.25) is 0 Å². The largest absolute Gasteiger partial charge is 0.397 e. The van der Waals surface area contributed by atoms with E-state index in [4.69, 9.17) is 11.0 Å². The van der Waals surface area contributed by atoms with Gasteiger partial charge in [-0.15, -0.1) is 0 Å². The number of sulfone groups is 1. The highest BCUT2D eigenvalue weighted by atomic mass is 32.2. The Morgan fingerprint density at radius 3 is 2.89 bits per heavy atom. The number of nitrogens with two attached hydrogens (primary N) is 1. The normalized spacial score (nSPS) is 25.6. The summed E-state index contributed by atoms with van der Waals surface area (Å²) in [6, 6.07) is 3.51. The van der Waals surface area contributed by atoms with Crippen LogP contribution in [0.1, 0.15) is 18.9 Å². The van der Waals surface area contributed by atoms with E-state index in [2.05, 4.69) is 10.3 Å². The molecule has 0 bridgehead atoms. The molecular formula is C11H14N4O2S. The number of pyridine rings is 1. The van der Waals surface area contributed by atoms with E-state index in [0.29, 0.717) is 23.5 Å². The highest BCUT2D eigenvalue weighted by Gasteiger charge is 2.38. The van der Waals surface area contributed by atoms with Crippen molar-refractivity contribution in [1.82, 2.24) is 4.98 Å². The highest BCUT2D eigenvalue weighted by Crippen LogP contribution is 2.28. The van der Waals surface area contributed by atoms with Crippen molar-refractivity contribution < 1.29 is 8.42 Å². The van der Waals surface area contributed by atoms with E-state index in [1.807, 2.05) is 13.0 Å². The van der Waals surface area contributed by atoms with E-state index >= 15 is 0 Å². The second-order valence-corrected chi connectivity index (χ2v) is 6.99. The molecule has 96 valence electrons. The molecule has 1 aromatic rings. The van der Waals surface area contributed by atoms with Gasteiger partial charge in [-0.05, 0) is 19.4 Å². The van der Waals surface area contributed by atoms with Crippen LogP contribution in [0.25, 0.3) is 0 Å². The predicted octanol–water partition coefficient (Wildman–Crippen LogP) is 0.525. The molecule has 2 heterocycles. The number of rotatable bonds is 2. The van der Waals surface area contributed by atoms with E-state index in [1.165, 1.54) is 12.3 Å². The topological polar surface area (TPSA) is 109 Å². The van der Waals surface area contributed by atoms with Crippen LogP contribution in [0.15, 0.2) is 12.3 Å². The minimum atomic E-state index is -3.00. The number of aromatic nitrogens is 1. The van der Waals surface area contributed by atoms with Crippen LogP contribution in [0.5, 0.6) is 0 Å². The van der Waals surface area contributed by atoms with Crippen molar-refractivity contribution in [1.29, 1.82) is 5.26 Å². The maximum Gasteiger partial charge on any atom is 0.152 e. The minimum absolute atomic E-state index is 0.0525. The van der Waals surface area contributed by atoms with Gasteiger partial charge in [0, 0.05) is 0 Å². The first-order valence-corrected chi connectivity index (χ1v) is 7.30. The zero-order valence-corrected chi connectivity index (χ0v) is 10.8. The Hall–Kier alpha value is -1.81. The van der Waals surface area contributed by atoms with Crippen molar-refractivity contribution in [3.63, 3.8) is 0 Å². The van der Waals surface area contributed by atoms with Crippen molar-refractivity contribution in [3.8, 4) is 6.07 Å². The van der Waals surface area contributed by atoms with E-state index in [0.717, 1.165) is 0 Å². The van der Waals surface area contributed by atoms with Crippen LogP contribution >= 0.6 is 0 Å².